The van der Waals surface area contributed by atoms with Crippen molar-refractivity contribution in [2.75, 3.05) is 18.4 Å². The lowest BCUT2D eigenvalue weighted by Gasteiger charge is -2.31. The Morgan fingerprint density at radius 2 is 1.88 bits per heavy atom. The Labute approximate surface area is 158 Å². The summed E-state index contributed by atoms with van der Waals surface area (Å²) in [5, 5.41) is 3.37. The maximum absolute atomic E-state index is 12.6. The van der Waals surface area contributed by atoms with Crippen molar-refractivity contribution >= 4 is 29.1 Å². The molecule has 2 aromatic rings. The maximum atomic E-state index is 12.6. The van der Waals surface area contributed by atoms with Gasteiger partial charge in [0.2, 0.25) is 5.91 Å². The van der Waals surface area contributed by atoms with Crippen LogP contribution in [-0.4, -0.2) is 29.8 Å². The molecule has 1 saturated heterocycles. The van der Waals surface area contributed by atoms with E-state index in [9.17, 15) is 9.59 Å². The molecule has 1 unspecified atom stereocenters. The summed E-state index contributed by atoms with van der Waals surface area (Å²) in [4.78, 5) is 26.2. The second-order valence-electron chi connectivity index (χ2n) is 6.57. The molecule has 0 saturated carbocycles. The van der Waals surface area contributed by atoms with Crippen molar-refractivity contribution in [1.29, 1.82) is 0 Å². The molecule has 1 aliphatic heterocycles. The zero-order valence-electron chi connectivity index (χ0n) is 14.5. The van der Waals surface area contributed by atoms with Crippen LogP contribution in [0.15, 0.2) is 48.5 Å². The summed E-state index contributed by atoms with van der Waals surface area (Å²) < 4.78 is 0. The Hall–Kier alpha value is -2.37. The summed E-state index contributed by atoms with van der Waals surface area (Å²) in [6.45, 7) is 2.22. The van der Waals surface area contributed by atoms with E-state index in [2.05, 4.69) is 10.2 Å². The third-order valence-corrected chi connectivity index (χ3v) is 5.02. The van der Waals surface area contributed by atoms with E-state index in [1.165, 1.54) is 0 Å². The monoisotopic (exact) mass is 371 g/mol. The van der Waals surface area contributed by atoms with E-state index < -0.39 is 0 Å². The van der Waals surface area contributed by atoms with Gasteiger partial charge in [-0.2, -0.15) is 0 Å². The highest BCUT2D eigenvalue weighted by atomic mass is 35.5. The molecule has 1 fully saturated rings. The molecule has 2 amide bonds. The van der Waals surface area contributed by atoms with Gasteiger partial charge in [-0.25, -0.2) is 0 Å². The summed E-state index contributed by atoms with van der Waals surface area (Å²) in [7, 11) is 0. The molecule has 0 spiro atoms. The van der Waals surface area contributed by atoms with Gasteiger partial charge in [-0.3, -0.25) is 14.5 Å². The first-order valence-corrected chi connectivity index (χ1v) is 9.08. The zero-order chi connectivity index (χ0) is 18.5. The van der Waals surface area contributed by atoms with E-state index in [4.69, 9.17) is 17.3 Å². The fourth-order valence-corrected chi connectivity index (χ4v) is 3.51. The molecule has 1 atom stereocenters. The average Bonchev–Trinajstić information content (AvgIpc) is 2.64. The summed E-state index contributed by atoms with van der Waals surface area (Å²) in [6.07, 6.45) is 1.79. The first-order valence-electron chi connectivity index (χ1n) is 8.70. The number of piperidine rings is 1. The van der Waals surface area contributed by atoms with Gasteiger partial charge in [0, 0.05) is 18.8 Å². The number of anilines is 1. The van der Waals surface area contributed by atoms with Crippen LogP contribution in [0.3, 0.4) is 0 Å². The Morgan fingerprint density at radius 1 is 1.15 bits per heavy atom. The molecule has 0 radical (unpaired) electrons. The van der Waals surface area contributed by atoms with Crippen molar-refractivity contribution in [1.82, 2.24) is 4.90 Å². The van der Waals surface area contributed by atoms with Gasteiger partial charge in [-0.15, -0.1) is 0 Å². The Kier molecular flexibility index (Phi) is 5.91. The highest BCUT2D eigenvalue weighted by Crippen LogP contribution is 2.23. The number of halogens is 1. The summed E-state index contributed by atoms with van der Waals surface area (Å²) in [5.74, 6) is -0.583. The van der Waals surface area contributed by atoms with Crippen LogP contribution in [0.25, 0.3) is 0 Å². The molecule has 0 aromatic heterocycles. The van der Waals surface area contributed by atoms with Crippen LogP contribution in [-0.2, 0) is 11.3 Å². The van der Waals surface area contributed by atoms with Crippen LogP contribution in [0, 0.1) is 5.92 Å². The number of primary amides is 1. The Balaban J connectivity index is 1.73. The second-order valence-corrected chi connectivity index (χ2v) is 6.97. The van der Waals surface area contributed by atoms with Gasteiger partial charge in [0.1, 0.15) is 0 Å². The highest BCUT2D eigenvalue weighted by Gasteiger charge is 2.24. The number of para-hydroxylation sites is 1. The van der Waals surface area contributed by atoms with Gasteiger partial charge in [0.15, 0.2) is 0 Å². The Bertz CT molecular complexity index is 809. The number of amides is 2. The maximum Gasteiger partial charge on any atom is 0.257 e. The third-order valence-electron chi connectivity index (χ3n) is 4.69. The van der Waals surface area contributed by atoms with Crippen LogP contribution < -0.4 is 11.1 Å². The van der Waals surface area contributed by atoms with E-state index >= 15 is 0 Å². The van der Waals surface area contributed by atoms with Crippen molar-refractivity contribution in [2.45, 2.75) is 19.4 Å². The highest BCUT2D eigenvalue weighted by molar-refractivity contribution is 6.34. The molecular weight excluding hydrogens is 350 g/mol. The van der Waals surface area contributed by atoms with Gasteiger partial charge in [-0.1, -0.05) is 41.9 Å². The zero-order valence-corrected chi connectivity index (χ0v) is 15.2. The standard InChI is InChI=1S/C20H22ClN3O2/c21-17-9-3-2-8-16(17)20(26)23-18-10-4-1-6-14(18)12-24-11-5-7-15(13-24)19(22)25/h1-4,6,8-10,15H,5,7,11-13H2,(H2,22,25)(H,23,26). The van der Waals surface area contributed by atoms with Crippen LogP contribution in [0.1, 0.15) is 28.8 Å². The van der Waals surface area contributed by atoms with Crippen molar-refractivity contribution in [3.8, 4) is 0 Å². The minimum absolute atomic E-state index is 0.103. The number of nitrogens with one attached hydrogen (secondary N) is 1. The van der Waals surface area contributed by atoms with Gasteiger partial charge in [-0.05, 0) is 43.1 Å². The lowest BCUT2D eigenvalue weighted by Crippen LogP contribution is -2.40. The van der Waals surface area contributed by atoms with Gasteiger partial charge >= 0.3 is 0 Å². The predicted octanol–water partition coefficient (Wildman–Crippen LogP) is 3.29. The number of carbonyl (C=O) groups is 2. The van der Waals surface area contributed by atoms with E-state index in [1.54, 1.807) is 24.3 Å². The van der Waals surface area contributed by atoms with Crippen molar-refractivity contribution in [3.63, 3.8) is 0 Å². The van der Waals surface area contributed by atoms with E-state index in [0.29, 0.717) is 23.7 Å². The second kappa shape index (κ2) is 8.34. The summed E-state index contributed by atoms with van der Waals surface area (Å²) in [5.41, 5.74) is 7.65. The fourth-order valence-electron chi connectivity index (χ4n) is 3.29. The average molecular weight is 372 g/mol. The lowest BCUT2D eigenvalue weighted by molar-refractivity contribution is -0.123. The minimum Gasteiger partial charge on any atom is -0.369 e. The summed E-state index contributed by atoms with van der Waals surface area (Å²) in [6, 6.07) is 14.6. The molecule has 26 heavy (non-hydrogen) atoms. The molecule has 6 heteroatoms. The van der Waals surface area contributed by atoms with Gasteiger partial charge < -0.3 is 11.1 Å². The van der Waals surface area contributed by atoms with Crippen molar-refractivity contribution in [2.24, 2.45) is 11.7 Å². The van der Waals surface area contributed by atoms with Crippen LogP contribution in [0.2, 0.25) is 5.02 Å². The largest absolute Gasteiger partial charge is 0.369 e. The topological polar surface area (TPSA) is 75.4 Å². The van der Waals surface area contributed by atoms with E-state index in [0.717, 1.165) is 30.6 Å². The van der Waals surface area contributed by atoms with Gasteiger partial charge in [0.05, 0.1) is 16.5 Å². The smallest absolute Gasteiger partial charge is 0.257 e. The number of likely N-dealkylation sites (tertiary alicyclic amines) is 1. The molecule has 1 heterocycles. The first-order chi connectivity index (χ1) is 12.5. The molecule has 5 nitrogen and oxygen atoms in total. The van der Waals surface area contributed by atoms with Crippen molar-refractivity contribution in [3.05, 3.63) is 64.7 Å². The number of nitrogens with two attached hydrogens (primary N) is 1. The normalized spacial score (nSPS) is 17.7. The SMILES string of the molecule is NC(=O)C1CCCN(Cc2ccccc2NC(=O)c2ccccc2Cl)C1. The number of carbonyl (C=O) groups excluding carboxylic acids is 2. The van der Waals surface area contributed by atoms with Crippen LogP contribution >= 0.6 is 11.6 Å². The van der Waals surface area contributed by atoms with Gasteiger partial charge in [0.25, 0.3) is 5.91 Å². The number of hydrogen-bond donors (Lipinski definition) is 2. The fraction of sp³-hybridized carbons (Fsp3) is 0.300. The molecule has 0 bridgehead atoms. The molecule has 0 aliphatic carbocycles. The van der Waals surface area contributed by atoms with Crippen LogP contribution in [0.4, 0.5) is 5.69 Å². The predicted molar refractivity (Wildman–Crippen MR) is 103 cm³/mol. The van der Waals surface area contributed by atoms with E-state index in [-0.39, 0.29) is 17.7 Å². The third kappa shape index (κ3) is 4.42. The number of benzene rings is 2. The quantitative estimate of drug-likeness (QED) is 0.846. The van der Waals surface area contributed by atoms with E-state index in [1.807, 2.05) is 24.3 Å². The Morgan fingerprint density at radius 3 is 2.65 bits per heavy atom. The molecule has 136 valence electrons. The summed E-state index contributed by atoms with van der Waals surface area (Å²) >= 11 is 6.11. The first kappa shape index (κ1) is 18.4. The lowest BCUT2D eigenvalue weighted by atomic mass is 9.97. The minimum atomic E-state index is -0.241. The molecular formula is C20H22ClN3O2. The molecule has 1 aliphatic rings. The number of hydrogen-bond acceptors (Lipinski definition) is 3. The van der Waals surface area contributed by atoms with Crippen LogP contribution in [0.5, 0.6) is 0 Å². The molecule has 3 rings (SSSR count). The number of nitrogens with zero attached hydrogens (tertiary/aromatic N) is 1. The number of rotatable bonds is 5. The molecule has 2 aromatic carbocycles. The van der Waals surface area contributed by atoms with Crippen molar-refractivity contribution < 1.29 is 9.59 Å². The molecule has 3 N–H and O–H groups in total.